The standard InChI is InChI=1S/C23H25N3O5S/c1-16(15-32-25-17-9-5-3-6-10-17)22-21(23(29)26(22)13-20(28)30-2)24-19(27)14-31-18-11-7-4-8-12-18/h3-12,15,21-22,25H,13-14H2,1-2H3,(H,24,27). The number of ether oxygens (including phenoxy) is 2. The summed E-state index contributed by atoms with van der Waals surface area (Å²) >= 11 is 1.34. The van der Waals surface area contributed by atoms with E-state index in [2.05, 4.69) is 10.0 Å². The van der Waals surface area contributed by atoms with E-state index in [9.17, 15) is 14.4 Å². The van der Waals surface area contributed by atoms with E-state index < -0.39 is 24.0 Å². The van der Waals surface area contributed by atoms with Gasteiger partial charge in [-0.2, -0.15) is 0 Å². The minimum absolute atomic E-state index is 0.186. The Balaban J connectivity index is 1.63. The van der Waals surface area contributed by atoms with Crippen LogP contribution in [0.4, 0.5) is 5.69 Å². The molecule has 168 valence electrons. The second kappa shape index (κ2) is 11.2. The molecule has 1 aliphatic heterocycles. The van der Waals surface area contributed by atoms with E-state index in [4.69, 9.17) is 9.47 Å². The molecule has 9 heteroatoms. The molecule has 32 heavy (non-hydrogen) atoms. The highest BCUT2D eigenvalue weighted by Crippen LogP contribution is 2.28. The van der Waals surface area contributed by atoms with Crippen molar-refractivity contribution in [2.75, 3.05) is 25.0 Å². The number of likely N-dealkylation sites (tertiary alicyclic amines) is 1. The molecule has 0 spiro atoms. The van der Waals surface area contributed by atoms with Gasteiger partial charge >= 0.3 is 5.97 Å². The lowest BCUT2D eigenvalue weighted by molar-refractivity contribution is -0.159. The van der Waals surface area contributed by atoms with Crippen LogP contribution in [-0.4, -0.2) is 55.0 Å². The average Bonchev–Trinajstić information content (AvgIpc) is 2.82. The number of β-lactam (4-membered cyclic amide) rings is 1. The molecule has 2 aromatic carbocycles. The Labute approximate surface area is 191 Å². The van der Waals surface area contributed by atoms with Crippen LogP contribution in [0, 0.1) is 0 Å². The fourth-order valence-electron chi connectivity index (χ4n) is 3.22. The largest absolute Gasteiger partial charge is 0.484 e. The van der Waals surface area contributed by atoms with Gasteiger partial charge in [0.05, 0.1) is 13.2 Å². The first-order valence-electron chi connectivity index (χ1n) is 9.97. The Kier molecular flexibility index (Phi) is 8.15. The summed E-state index contributed by atoms with van der Waals surface area (Å²) in [6, 6.07) is 17.3. The second-order valence-electron chi connectivity index (χ2n) is 7.08. The van der Waals surface area contributed by atoms with Crippen molar-refractivity contribution in [1.82, 2.24) is 10.2 Å². The summed E-state index contributed by atoms with van der Waals surface area (Å²) in [6.07, 6.45) is 0. The minimum Gasteiger partial charge on any atom is -0.484 e. The van der Waals surface area contributed by atoms with Gasteiger partial charge in [0.2, 0.25) is 5.91 Å². The monoisotopic (exact) mass is 455 g/mol. The van der Waals surface area contributed by atoms with Gasteiger partial charge in [0.25, 0.3) is 5.91 Å². The van der Waals surface area contributed by atoms with Gasteiger partial charge in [-0.05, 0) is 54.1 Å². The molecule has 8 nitrogen and oxygen atoms in total. The lowest BCUT2D eigenvalue weighted by Gasteiger charge is -2.47. The predicted octanol–water partition coefficient (Wildman–Crippen LogP) is 2.60. The third-order valence-electron chi connectivity index (χ3n) is 4.82. The van der Waals surface area contributed by atoms with Crippen molar-refractivity contribution in [2.24, 2.45) is 0 Å². The molecule has 2 amide bonds. The molecule has 0 bridgehead atoms. The molecule has 0 saturated carbocycles. The summed E-state index contributed by atoms with van der Waals surface area (Å²) in [7, 11) is 1.27. The number of benzene rings is 2. The zero-order valence-electron chi connectivity index (χ0n) is 17.8. The van der Waals surface area contributed by atoms with Crippen molar-refractivity contribution < 1.29 is 23.9 Å². The quantitative estimate of drug-likeness (QED) is 0.323. The Morgan fingerprint density at radius 1 is 1.09 bits per heavy atom. The number of para-hydroxylation sites is 2. The lowest BCUT2D eigenvalue weighted by Crippen LogP contribution is -2.72. The second-order valence-corrected chi connectivity index (χ2v) is 7.76. The van der Waals surface area contributed by atoms with Crippen molar-refractivity contribution in [3.63, 3.8) is 0 Å². The first-order valence-corrected chi connectivity index (χ1v) is 10.9. The van der Waals surface area contributed by atoms with Crippen LogP contribution in [0.1, 0.15) is 6.92 Å². The van der Waals surface area contributed by atoms with Crippen LogP contribution < -0.4 is 14.8 Å². The van der Waals surface area contributed by atoms with Gasteiger partial charge in [0.15, 0.2) is 6.61 Å². The van der Waals surface area contributed by atoms with Gasteiger partial charge in [0, 0.05) is 5.69 Å². The topological polar surface area (TPSA) is 97.0 Å². The zero-order chi connectivity index (χ0) is 22.9. The van der Waals surface area contributed by atoms with Crippen molar-refractivity contribution in [1.29, 1.82) is 0 Å². The summed E-state index contributed by atoms with van der Waals surface area (Å²) in [5.74, 6) is -0.727. The highest BCUT2D eigenvalue weighted by molar-refractivity contribution is 8.03. The molecule has 0 radical (unpaired) electrons. The average molecular weight is 456 g/mol. The smallest absolute Gasteiger partial charge is 0.325 e. The molecule has 0 aromatic heterocycles. The van der Waals surface area contributed by atoms with Gasteiger partial charge in [0.1, 0.15) is 18.3 Å². The van der Waals surface area contributed by atoms with Gasteiger partial charge in [-0.25, -0.2) is 0 Å². The molecule has 1 aliphatic rings. The molecule has 0 aliphatic carbocycles. The van der Waals surface area contributed by atoms with E-state index >= 15 is 0 Å². The maximum atomic E-state index is 12.6. The number of amides is 2. The van der Waals surface area contributed by atoms with Crippen LogP contribution in [0.15, 0.2) is 71.6 Å². The van der Waals surface area contributed by atoms with E-state index in [1.165, 1.54) is 24.0 Å². The summed E-state index contributed by atoms with van der Waals surface area (Å²) in [5.41, 5.74) is 1.75. The van der Waals surface area contributed by atoms with Gasteiger partial charge < -0.3 is 24.4 Å². The first kappa shape index (κ1) is 23.2. The molecular weight excluding hydrogens is 430 g/mol. The first-order chi connectivity index (χ1) is 15.5. The molecule has 3 rings (SSSR count). The SMILES string of the molecule is COC(=O)CN1C(=O)C(NC(=O)COc2ccccc2)C1C(C)=CSNc1ccccc1. The Morgan fingerprint density at radius 2 is 1.75 bits per heavy atom. The highest BCUT2D eigenvalue weighted by atomic mass is 32.2. The summed E-state index contributed by atoms with van der Waals surface area (Å²) in [6.45, 7) is 1.44. The Bertz CT molecular complexity index is 968. The van der Waals surface area contributed by atoms with Crippen LogP contribution >= 0.6 is 11.9 Å². The molecule has 1 heterocycles. The van der Waals surface area contributed by atoms with Gasteiger partial charge in [-0.1, -0.05) is 36.4 Å². The Hall–Kier alpha value is -3.46. The van der Waals surface area contributed by atoms with E-state index in [1.807, 2.05) is 48.7 Å². The number of methoxy groups -OCH3 is 1. The number of esters is 1. The zero-order valence-corrected chi connectivity index (χ0v) is 18.6. The third kappa shape index (κ3) is 6.04. The number of anilines is 1. The maximum absolute atomic E-state index is 12.6. The van der Waals surface area contributed by atoms with E-state index in [-0.39, 0.29) is 19.1 Å². The molecule has 1 saturated heterocycles. The van der Waals surface area contributed by atoms with Gasteiger partial charge in [-0.15, -0.1) is 0 Å². The van der Waals surface area contributed by atoms with Crippen LogP contribution in [0.3, 0.4) is 0 Å². The van der Waals surface area contributed by atoms with Crippen molar-refractivity contribution in [3.8, 4) is 5.75 Å². The van der Waals surface area contributed by atoms with Crippen molar-refractivity contribution in [2.45, 2.75) is 19.0 Å². The molecule has 2 atom stereocenters. The number of carbonyl (C=O) groups excluding carboxylic acids is 3. The maximum Gasteiger partial charge on any atom is 0.325 e. The highest BCUT2D eigenvalue weighted by Gasteiger charge is 2.49. The van der Waals surface area contributed by atoms with Crippen LogP contribution in [0.2, 0.25) is 0 Å². The van der Waals surface area contributed by atoms with E-state index in [0.717, 1.165) is 11.3 Å². The summed E-state index contributed by atoms with van der Waals surface area (Å²) < 4.78 is 13.3. The number of rotatable bonds is 10. The van der Waals surface area contributed by atoms with Crippen LogP contribution in [0.25, 0.3) is 0 Å². The number of nitrogens with one attached hydrogen (secondary N) is 2. The third-order valence-corrected chi connectivity index (χ3v) is 5.66. The van der Waals surface area contributed by atoms with Crippen LogP contribution in [-0.2, 0) is 19.1 Å². The van der Waals surface area contributed by atoms with Crippen molar-refractivity contribution in [3.05, 3.63) is 71.6 Å². The molecule has 2 aromatic rings. The normalized spacial score (nSPS) is 17.9. The lowest BCUT2D eigenvalue weighted by atomic mass is 9.89. The Morgan fingerprint density at radius 3 is 2.41 bits per heavy atom. The van der Waals surface area contributed by atoms with E-state index in [0.29, 0.717) is 5.75 Å². The molecule has 2 N–H and O–H groups in total. The molecule has 2 unspecified atom stereocenters. The fraction of sp³-hybridized carbons (Fsp3) is 0.261. The number of hydrogen-bond acceptors (Lipinski definition) is 7. The molecule has 1 fully saturated rings. The summed E-state index contributed by atoms with van der Waals surface area (Å²) in [5, 5.41) is 4.57. The number of nitrogens with zero attached hydrogens (tertiary/aromatic N) is 1. The summed E-state index contributed by atoms with van der Waals surface area (Å²) in [4.78, 5) is 38.2. The number of carbonyl (C=O) groups is 3. The van der Waals surface area contributed by atoms with Crippen molar-refractivity contribution >= 4 is 35.4 Å². The van der Waals surface area contributed by atoms with Gasteiger partial charge in [-0.3, -0.25) is 14.4 Å². The molecular formula is C23H25N3O5S. The predicted molar refractivity (Wildman–Crippen MR) is 123 cm³/mol. The number of hydrogen-bond donors (Lipinski definition) is 2. The minimum atomic E-state index is -0.778. The van der Waals surface area contributed by atoms with Crippen LogP contribution in [0.5, 0.6) is 5.75 Å². The van der Waals surface area contributed by atoms with E-state index in [1.54, 1.807) is 24.3 Å². The fourth-order valence-corrected chi connectivity index (χ4v) is 3.88.